The molecule has 5 amide bonds. The summed E-state index contributed by atoms with van der Waals surface area (Å²) in [5, 5.41) is 19.3. The first-order valence-electron chi connectivity index (χ1n) is 21.8. The molecule has 7 heterocycles. The summed E-state index contributed by atoms with van der Waals surface area (Å²) in [5.41, 5.74) is -0.577. The molecule has 3 atom stereocenters. The van der Waals surface area contributed by atoms with Gasteiger partial charge in [-0.2, -0.15) is 10.2 Å². The number of halogens is 3. The second kappa shape index (κ2) is 18.4. The Morgan fingerprint density at radius 2 is 1.67 bits per heavy atom. The highest BCUT2D eigenvalue weighted by atomic mass is 19.3. The maximum Gasteiger partial charge on any atom is 0.407 e. The van der Waals surface area contributed by atoms with Crippen molar-refractivity contribution in [3.63, 3.8) is 0 Å². The van der Waals surface area contributed by atoms with Gasteiger partial charge < -0.3 is 30.5 Å². The number of pyridine rings is 1. The van der Waals surface area contributed by atoms with Gasteiger partial charge in [0.2, 0.25) is 17.7 Å². The van der Waals surface area contributed by atoms with Crippen LogP contribution >= 0.6 is 0 Å². The smallest absolute Gasteiger partial charge is 0.407 e. The van der Waals surface area contributed by atoms with E-state index >= 15 is 0 Å². The molecule has 3 aliphatic heterocycles. The third kappa shape index (κ3) is 10.2. The molecule has 1 aliphatic carbocycles. The van der Waals surface area contributed by atoms with Crippen molar-refractivity contribution in [2.45, 2.75) is 121 Å². The minimum Gasteiger partial charge on any atom is -0.444 e. The van der Waals surface area contributed by atoms with Crippen molar-refractivity contribution < 1.29 is 41.9 Å². The van der Waals surface area contributed by atoms with Crippen molar-refractivity contribution in [2.75, 3.05) is 41.3 Å². The summed E-state index contributed by atoms with van der Waals surface area (Å²) in [7, 11) is 0. The van der Waals surface area contributed by atoms with E-state index in [0.717, 1.165) is 24.2 Å². The molecule has 342 valence electrons. The first-order valence-corrected chi connectivity index (χ1v) is 21.8. The fraction of sp³-hybridized carbons (Fsp3) is 0.558. The average molecular weight is 891 g/mol. The predicted octanol–water partition coefficient (Wildman–Crippen LogP) is 4.99. The van der Waals surface area contributed by atoms with Crippen molar-refractivity contribution in [1.29, 1.82) is 0 Å². The Bertz CT molecular complexity index is 2370. The molecule has 4 aromatic rings. The van der Waals surface area contributed by atoms with Gasteiger partial charge in [-0.05, 0) is 83.4 Å². The van der Waals surface area contributed by atoms with E-state index in [1.165, 1.54) is 21.6 Å². The quantitative estimate of drug-likeness (QED) is 0.155. The van der Waals surface area contributed by atoms with Crippen LogP contribution in [0, 0.1) is 5.92 Å². The molecule has 1 saturated carbocycles. The predicted molar refractivity (Wildman–Crippen MR) is 227 cm³/mol. The number of hydrogen-bond donors (Lipinski definition) is 4. The van der Waals surface area contributed by atoms with Gasteiger partial charge in [0.1, 0.15) is 29.0 Å². The zero-order chi connectivity index (χ0) is 45.3. The fourth-order valence-corrected chi connectivity index (χ4v) is 9.02. The van der Waals surface area contributed by atoms with Gasteiger partial charge in [0.25, 0.3) is 12.3 Å². The number of hydrogen-bond acceptors (Lipinski definition) is 12. The van der Waals surface area contributed by atoms with E-state index in [4.69, 9.17) is 4.74 Å². The molecular formula is C43H53F3N12O6. The minimum absolute atomic E-state index is 0.00135. The number of nitrogens with zero attached hydrogens (tertiary/aromatic N) is 8. The number of aromatic nitrogens is 6. The lowest BCUT2D eigenvalue weighted by molar-refractivity contribution is -0.134. The van der Waals surface area contributed by atoms with Crippen molar-refractivity contribution in [2.24, 2.45) is 5.92 Å². The first kappa shape index (κ1) is 44.3. The van der Waals surface area contributed by atoms with Gasteiger partial charge in [0, 0.05) is 63.0 Å². The molecule has 21 heteroatoms. The summed E-state index contributed by atoms with van der Waals surface area (Å²) in [6.07, 6.45) is 5.44. The summed E-state index contributed by atoms with van der Waals surface area (Å²) in [6, 6.07) is 4.55. The average Bonchev–Trinajstić information content (AvgIpc) is 3.88. The van der Waals surface area contributed by atoms with E-state index in [1.807, 2.05) is 12.1 Å². The third-order valence-corrected chi connectivity index (χ3v) is 12.3. The van der Waals surface area contributed by atoms with Crippen LogP contribution in [0.15, 0.2) is 43.0 Å². The van der Waals surface area contributed by atoms with Crippen LogP contribution < -0.4 is 31.1 Å². The number of alkyl carbamates (subject to hydrolysis) is 1. The van der Waals surface area contributed by atoms with E-state index < -0.39 is 47.9 Å². The van der Waals surface area contributed by atoms with Gasteiger partial charge in [-0.1, -0.05) is 6.07 Å². The second-order valence-corrected chi connectivity index (χ2v) is 18.1. The van der Waals surface area contributed by atoms with E-state index in [9.17, 15) is 37.1 Å². The summed E-state index contributed by atoms with van der Waals surface area (Å²) in [6.45, 7) is 6.81. The highest BCUT2D eigenvalue weighted by Gasteiger charge is 2.34. The van der Waals surface area contributed by atoms with Gasteiger partial charge in [0.15, 0.2) is 11.3 Å². The van der Waals surface area contributed by atoms with E-state index in [1.54, 1.807) is 44.1 Å². The maximum absolute atomic E-state index is 14.9. The number of carbonyl (C=O) groups is 5. The third-order valence-electron chi connectivity index (χ3n) is 12.3. The monoisotopic (exact) mass is 890 g/mol. The molecule has 0 spiro atoms. The molecule has 18 nitrogen and oxygen atoms in total. The standard InChI is InChI=1S/C43H53F3N12O6/c1-43(2,3)64-42(63)50-28-18-26(44)21-56(22-28)34-14-17-57-38(52-34)31(20-48-57)41(62)51-32-23-58(54-36(32)37(45)46)29-7-4-24(5-8-29)39(60)49-27-12-15-55(16-13-27)33-10-6-25(19-47-33)30-9-11-35(59)53-40(30)61/h6,10,14,17,19-20,23-24,26-30,37H,4-5,7-9,11-13,15-16,18,21-22H2,1-3H3,(H,49,60)(H,50,63)(H,51,62)(H,53,59,61)/t24?,26-,28-,29?,30?/m1/s1. The van der Waals surface area contributed by atoms with Gasteiger partial charge >= 0.3 is 6.09 Å². The van der Waals surface area contributed by atoms with Crippen LogP contribution in [0.25, 0.3) is 5.65 Å². The lowest BCUT2D eigenvalue weighted by Crippen LogP contribution is -2.52. The topological polar surface area (TPSA) is 210 Å². The van der Waals surface area contributed by atoms with Crippen molar-refractivity contribution >= 4 is 52.7 Å². The van der Waals surface area contributed by atoms with Crippen LogP contribution in [0.1, 0.15) is 119 Å². The van der Waals surface area contributed by atoms with Crippen molar-refractivity contribution in [1.82, 2.24) is 45.3 Å². The SMILES string of the molecule is CC(C)(C)OC(=O)N[C@@H]1C[C@@H](F)CN(c2ccn3ncc(C(=O)Nc4cn(C5CCC(C(=O)NC6CCN(c7ccc(C8CCC(=O)NC8=O)cn7)CC6)CC5)nc4C(F)F)c3n2)C1. The second-order valence-electron chi connectivity index (χ2n) is 18.1. The van der Waals surface area contributed by atoms with Crippen LogP contribution in [0.3, 0.4) is 0 Å². The van der Waals surface area contributed by atoms with Gasteiger partial charge in [-0.3, -0.25) is 29.2 Å². The maximum atomic E-state index is 14.9. The Balaban J connectivity index is 0.836. The number of alkyl halides is 3. The highest BCUT2D eigenvalue weighted by Crippen LogP contribution is 2.36. The molecule has 4 N–H and O–H groups in total. The molecule has 8 rings (SSSR count). The summed E-state index contributed by atoms with van der Waals surface area (Å²) in [5.74, 6) is -0.835. The Morgan fingerprint density at radius 1 is 0.906 bits per heavy atom. The Hall–Kier alpha value is -6.28. The van der Waals surface area contributed by atoms with Gasteiger partial charge in [-0.15, -0.1) is 0 Å². The number of amides is 5. The zero-order valence-corrected chi connectivity index (χ0v) is 35.9. The molecule has 0 bridgehead atoms. The molecule has 1 unspecified atom stereocenters. The van der Waals surface area contributed by atoms with Gasteiger partial charge in [-0.25, -0.2) is 32.4 Å². The Kier molecular flexibility index (Phi) is 12.8. The molecule has 4 aliphatic rings. The fourth-order valence-electron chi connectivity index (χ4n) is 9.02. The normalized spacial score (nSPS) is 23.5. The summed E-state index contributed by atoms with van der Waals surface area (Å²) < 4.78 is 51.7. The lowest BCUT2D eigenvalue weighted by Gasteiger charge is -2.36. The number of imide groups is 1. The van der Waals surface area contributed by atoms with Crippen LogP contribution in [0.5, 0.6) is 0 Å². The van der Waals surface area contributed by atoms with E-state index in [-0.39, 0.29) is 72.1 Å². The summed E-state index contributed by atoms with van der Waals surface area (Å²) in [4.78, 5) is 76.2. The van der Waals surface area contributed by atoms with E-state index in [2.05, 4.69) is 46.3 Å². The number of nitrogens with one attached hydrogen (secondary N) is 4. The molecule has 4 aromatic heterocycles. The van der Waals surface area contributed by atoms with Crippen LogP contribution in [0.2, 0.25) is 0 Å². The zero-order valence-electron chi connectivity index (χ0n) is 35.9. The minimum atomic E-state index is -2.98. The van der Waals surface area contributed by atoms with Crippen molar-refractivity contribution in [3.05, 3.63) is 59.8 Å². The number of piperidine rings is 3. The van der Waals surface area contributed by atoms with Crippen molar-refractivity contribution in [3.8, 4) is 0 Å². The highest BCUT2D eigenvalue weighted by molar-refractivity contribution is 6.08. The summed E-state index contributed by atoms with van der Waals surface area (Å²) >= 11 is 0. The Labute approximate surface area is 367 Å². The Morgan fingerprint density at radius 3 is 2.36 bits per heavy atom. The van der Waals surface area contributed by atoms with Crippen LogP contribution in [-0.4, -0.2) is 109 Å². The van der Waals surface area contributed by atoms with Crippen LogP contribution in [0.4, 0.5) is 35.3 Å². The van der Waals surface area contributed by atoms with E-state index in [0.29, 0.717) is 57.4 Å². The first-order chi connectivity index (χ1) is 30.6. The lowest BCUT2D eigenvalue weighted by atomic mass is 9.85. The number of rotatable bonds is 10. The van der Waals surface area contributed by atoms with Crippen LogP contribution in [-0.2, 0) is 19.1 Å². The molecular weight excluding hydrogens is 838 g/mol. The largest absolute Gasteiger partial charge is 0.444 e. The number of carbonyl (C=O) groups excluding carboxylic acids is 5. The molecule has 0 aromatic carbocycles. The molecule has 0 radical (unpaired) electrons. The molecule has 4 fully saturated rings. The molecule has 64 heavy (non-hydrogen) atoms. The number of fused-ring (bicyclic) bond motifs is 1. The molecule has 3 saturated heterocycles. The number of ether oxygens (including phenoxy) is 1. The number of anilines is 3. The van der Waals surface area contributed by atoms with Gasteiger partial charge in [0.05, 0.1) is 36.4 Å².